The van der Waals surface area contributed by atoms with Gasteiger partial charge in [0.2, 0.25) is 4.77 Å². The fourth-order valence-electron chi connectivity index (χ4n) is 2.42. The van der Waals surface area contributed by atoms with E-state index in [0.29, 0.717) is 10.6 Å². The molecule has 1 aromatic heterocycles. The molecule has 0 aliphatic heterocycles. The maximum atomic E-state index is 5.76. The largest absolute Gasteiger partial charge is 0.491 e. The lowest BCUT2D eigenvalue weighted by atomic mass is 10.1. The van der Waals surface area contributed by atoms with Crippen LogP contribution in [0.2, 0.25) is 0 Å². The maximum Gasteiger partial charge on any atom is 0.216 e. The average molecular weight is 352 g/mol. The Hall–Kier alpha value is -2.73. The molecule has 0 saturated heterocycles. The van der Waals surface area contributed by atoms with Crippen LogP contribution in [0.25, 0.3) is 11.4 Å². The molecule has 0 unspecified atom stereocenters. The van der Waals surface area contributed by atoms with Crippen LogP contribution in [-0.4, -0.2) is 27.2 Å². The Kier molecular flexibility index (Phi) is 5.09. The van der Waals surface area contributed by atoms with Gasteiger partial charge in [-0.1, -0.05) is 36.4 Å². The summed E-state index contributed by atoms with van der Waals surface area (Å²) in [6.45, 7) is 6.04. The van der Waals surface area contributed by atoms with Crippen molar-refractivity contribution >= 4 is 18.4 Å². The normalized spacial score (nSPS) is 11.4. The van der Waals surface area contributed by atoms with E-state index < -0.39 is 0 Å². The molecule has 2 aromatic carbocycles. The Morgan fingerprint density at radius 3 is 2.76 bits per heavy atom. The number of hydrogen-bond donors (Lipinski definition) is 1. The zero-order valence-electron chi connectivity index (χ0n) is 14.4. The topological polar surface area (TPSA) is 55.2 Å². The van der Waals surface area contributed by atoms with Crippen LogP contribution in [0.5, 0.6) is 5.75 Å². The van der Waals surface area contributed by atoms with E-state index in [-0.39, 0.29) is 6.10 Å². The van der Waals surface area contributed by atoms with Gasteiger partial charge in [0.25, 0.3) is 0 Å². The van der Waals surface area contributed by atoms with Crippen molar-refractivity contribution in [3.8, 4) is 17.1 Å². The van der Waals surface area contributed by atoms with E-state index >= 15 is 0 Å². The molecule has 0 atom stereocenters. The molecule has 25 heavy (non-hydrogen) atoms. The third kappa shape index (κ3) is 4.03. The minimum atomic E-state index is 0.107. The fourth-order valence-corrected chi connectivity index (χ4v) is 2.60. The number of hydrogen-bond acceptors (Lipinski definition) is 4. The molecule has 0 spiro atoms. The number of aryl methyl sites for hydroxylation is 1. The predicted molar refractivity (Wildman–Crippen MR) is 103 cm³/mol. The summed E-state index contributed by atoms with van der Waals surface area (Å²) in [7, 11) is 0. The molecule has 0 bridgehead atoms. The average Bonchev–Trinajstić information content (AvgIpc) is 2.95. The van der Waals surface area contributed by atoms with Gasteiger partial charge in [0.15, 0.2) is 5.82 Å². The van der Waals surface area contributed by atoms with E-state index in [2.05, 4.69) is 15.3 Å². The van der Waals surface area contributed by atoms with Gasteiger partial charge in [-0.3, -0.25) is 0 Å². The monoisotopic (exact) mass is 352 g/mol. The SMILES string of the molecule is Cc1ccccc1/C=N/n1c(-c2cccc(OC(C)C)c2)n[nH]c1=S. The molecule has 0 aliphatic carbocycles. The second-order valence-electron chi connectivity index (χ2n) is 5.96. The Bertz CT molecular complexity index is 956. The molecule has 3 aromatic rings. The van der Waals surface area contributed by atoms with E-state index in [1.54, 1.807) is 10.9 Å². The summed E-state index contributed by atoms with van der Waals surface area (Å²) < 4.78 is 7.82. The van der Waals surface area contributed by atoms with Gasteiger partial charge in [-0.15, -0.1) is 0 Å². The number of nitrogens with one attached hydrogen (secondary N) is 1. The van der Waals surface area contributed by atoms with E-state index in [1.807, 2.05) is 69.3 Å². The molecule has 0 amide bonds. The van der Waals surface area contributed by atoms with Gasteiger partial charge < -0.3 is 4.74 Å². The Balaban J connectivity index is 1.98. The summed E-state index contributed by atoms with van der Waals surface area (Å²) in [5, 5.41) is 11.6. The first-order valence-electron chi connectivity index (χ1n) is 8.09. The molecular weight excluding hydrogens is 332 g/mol. The van der Waals surface area contributed by atoms with Crippen molar-refractivity contribution in [2.75, 3.05) is 0 Å². The fraction of sp³-hybridized carbons (Fsp3) is 0.211. The number of H-pyrrole nitrogens is 1. The molecule has 0 saturated carbocycles. The molecule has 0 aliphatic rings. The number of rotatable bonds is 5. The lowest BCUT2D eigenvalue weighted by molar-refractivity contribution is 0.242. The zero-order chi connectivity index (χ0) is 17.8. The van der Waals surface area contributed by atoms with Crippen molar-refractivity contribution in [1.29, 1.82) is 0 Å². The summed E-state index contributed by atoms with van der Waals surface area (Å²) in [4.78, 5) is 0. The summed E-state index contributed by atoms with van der Waals surface area (Å²) in [6, 6.07) is 15.8. The highest BCUT2D eigenvalue weighted by Crippen LogP contribution is 2.23. The van der Waals surface area contributed by atoms with Gasteiger partial charge in [0.1, 0.15) is 5.75 Å². The van der Waals surface area contributed by atoms with Crippen molar-refractivity contribution in [3.63, 3.8) is 0 Å². The van der Waals surface area contributed by atoms with Gasteiger partial charge in [0, 0.05) is 5.56 Å². The van der Waals surface area contributed by atoms with Crippen molar-refractivity contribution in [2.45, 2.75) is 26.9 Å². The van der Waals surface area contributed by atoms with Crippen molar-refractivity contribution in [2.24, 2.45) is 5.10 Å². The first-order valence-corrected chi connectivity index (χ1v) is 8.50. The van der Waals surface area contributed by atoms with Gasteiger partial charge in [-0.25, -0.2) is 5.10 Å². The highest BCUT2D eigenvalue weighted by molar-refractivity contribution is 7.71. The van der Waals surface area contributed by atoms with Gasteiger partial charge in [0.05, 0.1) is 12.3 Å². The molecule has 1 N–H and O–H groups in total. The van der Waals surface area contributed by atoms with Crippen LogP contribution in [0.15, 0.2) is 53.6 Å². The number of ether oxygens (including phenoxy) is 1. The second-order valence-corrected chi connectivity index (χ2v) is 6.35. The number of nitrogens with zero attached hydrogens (tertiary/aromatic N) is 3. The van der Waals surface area contributed by atoms with Crippen LogP contribution >= 0.6 is 12.2 Å². The Morgan fingerprint density at radius 2 is 2.00 bits per heavy atom. The van der Waals surface area contributed by atoms with Crippen molar-refractivity contribution in [3.05, 3.63) is 64.4 Å². The number of aromatic amines is 1. The van der Waals surface area contributed by atoms with Gasteiger partial charge in [-0.05, 0) is 56.2 Å². The zero-order valence-corrected chi connectivity index (χ0v) is 15.2. The van der Waals surface area contributed by atoms with Gasteiger partial charge >= 0.3 is 0 Å². The van der Waals surface area contributed by atoms with Crippen LogP contribution in [0.4, 0.5) is 0 Å². The van der Waals surface area contributed by atoms with E-state index in [0.717, 1.165) is 22.4 Å². The van der Waals surface area contributed by atoms with Crippen LogP contribution in [0, 0.1) is 11.7 Å². The van der Waals surface area contributed by atoms with Crippen molar-refractivity contribution in [1.82, 2.24) is 14.9 Å². The van der Waals surface area contributed by atoms with Crippen LogP contribution in [-0.2, 0) is 0 Å². The molecule has 5 nitrogen and oxygen atoms in total. The smallest absolute Gasteiger partial charge is 0.216 e. The van der Waals surface area contributed by atoms with Crippen LogP contribution in [0.3, 0.4) is 0 Å². The summed E-state index contributed by atoms with van der Waals surface area (Å²) in [5.41, 5.74) is 3.07. The first kappa shape index (κ1) is 17.1. The molecule has 0 radical (unpaired) electrons. The second kappa shape index (κ2) is 7.44. The van der Waals surface area contributed by atoms with E-state index in [4.69, 9.17) is 17.0 Å². The Morgan fingerprint density at radius 1 is 1.20 bits per heavy atom. The lowest BCUT2D eigenvalue weighted by Crippen LogP contribution is -2.05. The maximum absolute atomic E-state index is 5.76. The Labute approximate surface area is 152 Å². The molecule has 1 heterocycles. The quantitative estimate of drug-likeness (QED) is 0.540. The molecule has 128 valence electrons. The molecule has 3 rings (SSSR count). The third-order valence-corrected chi connectivity index (χ3v) is 3.88. The minimum absolute atomic E-state index is 0.107. The molecule has 0 fully saturated rings. The number of aromatic nitrogens is 3. The van der Waals surface area contributed by atoms with E-state index in [1.165, 1.54) is 0 Å². The van der Waals surface area contributed by atoms with Crippen molar-refractivity contribution < 1.29 is 4.74 Å². The van der Waals surface area contributed by atoms with Crippen LogP contribution < -0.4 is 4.74 Å². The van der Waals surface area contributed by atoms with E-state index in [9.17, 15) is 0 Å². The molecular formula is C19H20N4OS. The summed E-state index contributed by atoms with van der Waals surface area (Å²) in [5.74, 6) is 1.43. The highest BCUT2D eigenvalue weighted by atomic mass is 32.1. The predicted octanol–water partition coefficient (Wildman–Crippen LogP) is 4.59. The third-order valence-electron chi connectivity index (χ3n) is 3.62. The molecule has 6 heteroatoms. The summed E-state index contributed by atoms with van der Waals surface area (Å²) in [6.07, 6.45) is 1.90. The van der Waals surface area contributed by atoms with Crippen LogP contribution in [0.1, 0.15) is 25.0 Å². The lowest BCUT2D eigenvalue weighted by Gasteiger charge is -2.10. The summed E-state index contributed by atoms with van der Waals surface area (Å²) >= 11 is 5.32. The standard InChI is InChI=1S/C19H20N4OS/c1-13(2)24-17-10-6-9-15(11-17)18-21-22-19(25)23(18)20-12-16-8-5-4-7-14(16)3/h4-13H,1-3H3,(H,22,25)/b20-12+. The van der Waals surface area contributed by atoms with Gasteiger partial charge in [-0.2, -0.15) is 14.9 Å². The number of benzene rings is 2. The first-order chi connectivity index (χ1) is 12.0. The minimum Gasteiger partial charge on any atom is -0.491 e. The highest BCUT2D eigenvalue weighted by Gasteiger charge is 2.10.